The maximum absolute atomic E-state index is 14.3. The van der Waals surface area contributed by atoms with Crippen LogP contribution in [0.3, 0.4) is 0 Å². The van der Waals surface area contributed by atoms with Gasteiger partial charge in [-0.15, -0.1) is 13.2 Å². The number of ether oxygens (including phenoxy) is 3. The van der Waals surface area contributed by atoms with E-state index in [1.165, 1.54) is 24.1 Å². The molecule has 0 radical (unpaired) electrons. The quantitative estimate of drug-likeness (QED) is 0.385. The summed E-state index contributed by atoms with van der Waals surface area (Å²) in [5.74, 6) is -0.786. The molecule has 0 atom stereocenters. The second kappa shape index (κ2) is 11.1. The number of halogens is 4. The molecular weight excluding hydrogens is 541 g/mol. The highest BCUT2D eigenvalue weighted by Gasteiger charge is 2.56. The van der Waals surface area contributed by atoms with E-state index in [-0.39, 0.29) is 17.9 Å². The number of piperidine rings is 1. The Bertz CT molecular complexity index is 1260. The van der Waals surface area contributed by atoms with Gasteiger partial charge in [0.25, 0.3) is 5.91 Å². The molecule has 0 aromatic heterocycles. The predicted octanol–water partition coefficient (Wildman–Crippen LogP) is 6.18. The Morgan fingerprint density at radius 3 is 2.18 bits per heavy atom. The van der Waals surface area contributed by atoms with Crippen LogP contribution in [-0.2, 0) is 19.1 Å². The van der Waals surface area contributed by atoms with Crippen molar-refractivity contribution >= 4 is 34.9 Å². The smallest absolute Gasteiger partial charge is 0.434 e. The maximum atomic E-state index is 14.3. The molecule has 0 bridgehead atoms. The molecule has 1 fully saturated rings. The topological polar surface area (TPSA) is 77.5 Å². The third-order valence-electron chi connectivity index (χ3n) is 6.83. The van der Waals surface area contributed by atoms with Gasteiger partial charge in [-0.3, -0.25) is 9.69 Å². The van der Waals surface area contributed by atoms with Gasteiger partial charge in [0.05, 0.1) is 19.3 Å². The lowest BCUT2D eigenvalue weighted by molar-refractivity contribution is -0.274. The highest BCUT2D eigenvalue weighted by atomic mass is 35.5. The number of hydrogen-bond donors (Lipinski definition) is 0. The van der Waals surface area contributed by atoms with Gasteiger partial charge >= 0.3 is 12.5 Å². The van der Waals surface area contributed by atoms with E-state index in [4.69, 9.17) is 25.9 Å². The van der Waals surface area contributed by atoms with Crippen molar-refractivity contribution < 1.29 is 41.8 Å². The number of anilines is 1. The van der Waals surface area contributed by atoms with Crippen molar-refractivity contribution in [1.29, 1.82) is 0 Å². The van der Waals surface area contributed by atoms with Crippen molar-refractivity contribution in [1.82, 2.24) is 5.06 Å². The second-order valence-corrected chi connectivity index (χ2v) is 9.67. The number of rotatable bonds is 6. The summed E-state index contributed by atoms with van der Waals surface area (Å²) in [7, 11) is 1.53. The van der Waals surface area contributed by atoms with Crippen LogP contribution in [0.15, 0.2) is 42.2 Å². The number of hydroxylamine groups is 2. The van der Waals surface area contributed by atoms with E-state index < -0.39 is 29.7 Å². The Kier molecular flexibility index (Phi) is 8.15. The Morgan fingerprint density at radius 2 is 1.67 bits per heavy atom. The summed E-state index contributed by atoms with van der Waals surface area (Å²) in [6, 6.07) is 8.43. The molecule has 0 N–H and O–H groups in total. The zero-order valence-electron chi connectivity index (χ0n) is 21.9. The normalized spacial score (nSPS) is 17.6. The molecule has 0 aliphatic carbocycles. The van der Waals surface area contributed by atoms with E-state index in [1.54, 1.807) is 38.0 Å². The fraction of sp³-hybridized carbons (Fsp3) is 0.407. The summed E-state index contributed by atoms with van der Waals surface area (Å²) in [5, 5.41) is 2.19. The van der Waals surface area contributed by atoms with E-state index in [2.05, 4.69) is 4.74 Å². The molecule has 39 heavy (non-hydrogen) atoms. The zero-order chi connectivity index (χ0) is 28.5. The minimum Gasteiger partial charge on any atom is -0.434 e. The fourth-order valence-corrected chi connectivity index (χ4v) is 5.62. The molecule has 2 aromatic rings. The number of amides is 1. The monoisotopic (exact) mass is 568 g/mol. The summed E-state index contributed by atoms with van der Waals surface area (Å²) in [5.41, 5.74) is 1.25. The highest BCUT2D eigenvalue weighted by Crippen LogP contribution is 2.50. The summed E-state index contributed by atoms with van der Waals surface area (Å²) < 4.78 is 53.2. The summed E-state index contributed by atoms with van der Waals surface area (Å²) in [6.45, 7) is 6.05. The maximum Gasteiger partial charge on any atom is 0.573 e. The van der Waals surface area contributed by atoms with Crippen molar-refractivity contribution in [2.75, 3.05) is 31.7 Å². The van der Waals surface area contributed by atoms with E-state index in [9.17, 15) is 22.8 Å². The van der Waals surface area contributed by atoms with E-state index >= 15 is 0 Å². The minimum absolute atomic E-state index is 0.0588. The van der Waals surface area contributed by atoms with Crippen molar-refractivity contribution in [2.45, 2.75) is 45.5 Å². The number of carbonyl (C=O) groups is 2. The first kappa shape index (κ1) is 28.7. The first-order chi connectivity index (χ1) is 18.4. The van der Waals surface area contributed by atoms with Crippen LogP contribution < -0.4 is 9.64 Å². The molecule has 12 heteroatoms. The van der Waals surface area contributed by atoms with Crippen molar-refractivity contribution in [3.05, 3.63) is 63.9 Å². The van der Waals surface area contributed by atoms with Crippen LogP contribution in [0.1, 0.15) is 36.5 Å². The van der Waals surface area contributed by atoms with Crippen LogP contribution >= 0.6 is 11.6 Å². The fourth-order valence-electron chi connectivity index (χ4n) is 5.29. The average Bonchev–Trinajstić information content (AvgIpc) is 3.06. The number of carbonyl (C=O) groups excluding carboxylic acids is 2. The summed E-state index contributed by atoms with van der Waals surface area (Å²) >= 11 is 6.26. The second-order valence-electron chi connectivity index (χ2n) is 9.23. The number of hydrogen-bond acceptors (Lipinski definition) is 7. The molecule has 210 valence electrons. The van der Waals surface area contributed by atoms with Gasteiger partial charge in [-0.25, -0.2) is 4.79 Å². The van der Waals surface area contributed by atoms with Crippen LogP contribution in [0.2, 0.25) is 5.02 Å². The largest absolute Gasteiger partial charge is 0.573 e. The number of alkyl halides is 3. The van der Waals surface area contributed by atoms with Crippen LogP contribution in [0.5, 0.6) is 5.75 Å². The third kappa shape index (κ3) is 5.70. The van der Waals surface area contributed by atoms with Gasteiger partial charge in [0.2, 0.25) is 0 Å². The molecule has 8 nitrogen and oxygen atoms in total. The Hall–Kier alpha value is -3.28. The van der Waals surface area contributed by atoms with Crippen molar-refractivity contribution in [3.8, 4) is 5.75 Å². The molecule has 1 spiro atoms. The van der Waals surface area contributed by atoms with Crippen LogP contribution in [-0.4, -0.2) is 55.8 Å². The molecule has 2 aliphatic rings. The minimum atomic E-state index is -4.86. The standard InChI is InChI=1S/C27H28ClF3N2O6/c1-5-37-25(35)38-23-22(21-16(2)14-18(28)15-17(21)3)24(34)33(26(23)10-12-32(36-4)13-11-26)19-6-8-20(9-7-19)39-27(29,30)31/h6-9,14-15H,5,10-13H2,1-4H3. The molecule has 1 amide bonds. The molecule has 0 unspecified atom stereocenters. The summed E-state index contributed by atoms with van der Waals surface area (Å²) in [6.07, 6.45) is -5.22. The molecular formula is C27H28ClF3N2O6. The first-order valence-electron chi connectivity index (χ1n) is 12.3. The van der Waals surface area contributed by atoms with Crippen LogP contribution in [0.4, 0.5) is 23.7 Å². The lowest BCUT2D eigenvalue weighted by Crippen LogP contribution is -2.55. The average molecular weight is 569 g/mol. The van der Waals surface area contributed by atoms with Crippen molar-refractivity contribution in [3.63, 3.8) is 0 Å². The zero-order valence-corrected chi connectivity index (χ0v) is 22.6. The summed E-state index contributed by atoms with van der Waals surface area (Å²) in [4.78, 5) is 33.9. The Morgan fingerprint density at radius 1 is 1.08 bits per heavy atom. The lowest BCUT2D eigenvalue weighted by atomic mass is 9.84. The highest BCUT2D eigenvalue weighted by molar-refractivity contribution is 6.33. The van der Waals surface area contributed by atoms with Crippen LogP contribution in [0, 0.1) is 13.8 Å². The third-order valence-corrected chi connectivity index (χ3v) is 7.04. The molecule has 0 saturated carbocycles. The van der Waals surface area contributed by atoms with Gasteiger partial charge in [0.15, 0.2) is 5.76 Å². The lowest BCUT2D eigenvalue weighted by Gasteiger charge is -2.44. The van der Waals surface area contributed by atoms with Crippen molar-refractivity contribution in [2.24, 2.45) is 0 Å². The van der Waals surface area contributed by atoms with E-state index in [0.29, 0.717) is 53.3 Å². The SMILES string of the molecule is CCOC(=O)OC1=C(c2c(C)cc(Cl)cc2C)C(=O)N(c2ccc(OC(F)(F)F)cc2)C12CCN(OC)CC2. The molecule has 4 rings (SSSR count). The molecule has 2 heterocycles. The Labute approximate surface area is 228 Å². The van der Waals surface area contributed by atoms with Gasteiger partial charge in [-0.1, -0.05) is 11.6 Å². The number of aryl methyl sites for hydroxylation is 2. The first-order valence-corrected chi connectivity index (χ1v) is 12.6. The van der Waals surface area contributed by atoms with E-state index in [1.807, 2.05) is 0 Å². The predicted molar refractivity (Wildman–Crippen MR) is 137 cm³/mol. The van der Waals surface area contributed by atoms with Gasteiger partial charge in [0.1, 0.15) is 11.3 Å². The van der Waals surface area contributed by atoms with Gasteiger partial charge in [-0.2, -0.15) is 5.06 Å². The van der Waals surface area contributed by atoms with Gasteiger partial charge in [-0.05, 0) is 86.7 Å². The molecule has 2 aliphatic heterocycles. The van der Waals surface area contributed by atoms with E-state index in [0.717, 1.165) is 12.1 Å². The number of benzene rings is 2. The van der Waals surface area contributed by atoms with Crippen LogP contribution in [0.25, 0.3) is 5.57 Å². The molecule has 2 aromatic carbocycles. The number of nitrogens with zero attached hydrogens (tertiary/aromatic N) is 2. The van der Waals surface area contributed by atoms with Gasteiger partial charge in [0, 0.05) is 23.8 Å². The Balaban J connectivity index is 1.91. The van der Waals surface area contributed by atoms with Gasteiger partial charge < -0.3 is 19.0 Å². The molecule has 1 saturated heterocycles.